The van der Waals surface area contributed by atoms with Crippen LogP contribution in [0.5, 0.6) is 0 Å². The van der Waals surface area contributed by atoms with Gasteiger partial charge >= 0.3 is 0 Å². The summed E-state index contributed by atoms with van der Waals surface area (Å²) in [4.78, 5) is 11.5. The maximum absolute atomic E-state index is 4.88. The van der Waals surface area contributed by atoms with Crippen LogP contribution in [0, 0.1) is 0 Å². The van der Waals surface area contributed by atoms with Gasteiger partial charge in [-0.15, -0.1) is 0 Å². The summed E-state index contributed by atoms with van der Waals surface area (Å²) >= 11 is 0. The second-order valence-electron chi connectivity index (χ2n) is 6.44. The summed E-state index contributed by atoms with van der Waals surface area (Å²) < 4.78 is 1.96. The highest BCUT2D eigenvalue weighted by Gasteiger charge is 2.19. The number of nitrogens with zero attached hydrogens (tertiary/aromatic N) is 7. The molecule has 7 heteroatoms. The Morgan fingerprint density at radius 1 is 1.12 bits per heavy atom. The molecule has 0 saturated carbocycles. The van der Waals surface area contributed by atoms with E-state index in [0.29, 0.717) is 6.54 Å². The van der Waals surface area contributed by atoms with E-state index in [0.717, 1.165) is 53.5 Å². The molecule has 1 fully saturated rings. The maximum atomic E-state index is 4.88. The fraction of sp³-hybridized carbons (Fsp3) is 0.353. The van der Waals surface area contributed by atoms with Crippen LogP contribution < -0.4 is 10.7 Å². The highest BCUT2D eigenvalue weighted by Crippen LogP contribution is 2.13. The molecule has 0 amide bonds. The van der Waals surface area contributed by atoms with E-state index in [1.807, 2.05) is 17.1 Å². The van der Waals surface area contributed by atoms with Gasteiger partial charge in [-0.05, 0) is 19.2 Å². The van der Waals surface area contributed by atoms with E-state index in [9.17, 15) is 0 Å². The van der Waals surface area contributed by atoms with Crippen LogP contribution in [-0.4, -0.2) is 69.1 Å². The first-order chi connectivity index (χ1) is 11.8. The zero-order valence-electron chi connectivity index (χ0n) is 13.6. The van der Waals surface area contributed by atoms with Crippen molar-refractivity contribution in [3.63, 3.8) is 0 Å². The van der Waals surface area contributed by atoms with Crippen molar-refractivity contribution in [2.24, 2.45) is 4.99 Å². The van der Waals surface area contributed by atoms with Crippen molar-refractivity contribution < 1.29 is 0 Å². The van der Waals surface area contributed by atoms with Gasteiger partial charge in [0.1, 0.15) is 16.4 Å². The average Bonchev–Trinajstić information content (AvgIpc) is 2.97. The highest BCUT2D eigenvalue weighted by molar-refractivity contribution is 5.79. The smallest absolute Gasteiger partial charge is 0.118 e. The Labute approximate surface area is 139 Å². The van der Waals surface area contributed by atoms with Gasteiger partial charge in [0.25, 0.3) is 0 Å². The van der Waals surface area contributed by atoms with Crippen LogP contribution >= 0.6 is 0 Å². The highest BCUT2D eigenvalue weighted by atomic mass is 15.6. The first kappa shape index (κ1) is 13.9. The van der Waals surface area contributed by atoms with Crippen molar-refractivity contribution in [2.45, 2.75) is 6.54 Å². The molecule has 0 radical (unpaired) electrons. The van der Waals surface area contributed by atoms with Gasteiger partial charge in [-0.1, -0.05) is 0 Å². The molecule has 5 rings (SSSR count). The zero-order chi connectivity index (χ0) is 16.1. The molecule has 0 N–H and O–H groups in total. The SMILES string of the molecule is CN1CCN(N2C=Cc3cc4nn5c(c4nc3=C2)=CN=CC5)CC1. The lowest BCUT2D eigenvalue weighted by molar-refractivity contribution is 0.0329. The molecule has 5 heterocycles. The van der Waals surface area contributed by atoms with Crippen LogP contribution in [-0.2, 0) is 6.54 Å². The summed E-state index contributed by atoms with van der Waals surface area (Å²) in [5.41, 5.74) is 2.97. The van der Waals surface area contributed by atoms with Crippen LogP contribution in [0.2, 0.25) is 0 Å². The number of hydrogen-bond donors (Lipinski definition) is 0. The fourth-order valence-electron chi connectivity index (χ4n) is 3.38. The number of pyridine rings is 1. The summed E-state index contributed by atoms with van der Waals surface area (Å²) in [6.45, 7) is 4.93. The van der Waals surface area contributed by atoms with Gasteiger partial charge in [-0.3, -0.25) is 14.7 Å². The number of hydrazine groups is 1. The van der Waals surface area contributed by atoms with E-state index in [1.165, 1.54) is 0 Å². The molecule has 0 aromatic carbocycles. The van der Waals surface area contributed by atoms with E-state index < -0.39 is 0 Å². The molecular weight excluding hydrogens is 302 g/mol. The monoisotopic (exact) mass is 321 g/mol. The minimum atomic E-state index is 0.708. The van der Waals surface area contributed by atoms with E-state index in [2.05, 4.69) is 56.6 Å². The molecule has 2 aromatic heterocycles. The second-order valence-corrected chi connectivity index (χ2v) is 6.44. The lowest BCUT2D eigenvalue weighted by atomic mass is 10.2. The Hall–Kier alpha value is -2.51. The summed E-state index contributed by atoms with van der Waals surface area (Å²) in [5.74, 6) is 0. The lowest BCUT2D eigenvalue weighted by Crippen LogP contribution is -2.50. The summed E-state index contributed by atoms with van der Waals surface area (Å²) in [7, 11) is 2.17. The van der Waals surface area contributed by atoms with Crippen molar-refractivity contribution in [1.29, 1.82) is 0 Å². The van der Waals surface area contributed by atoms with Gasteiger partial charge in [0.15, 0.2) is 0 Å². The number of hydrogen-bond acceptors (Lipinski definition) is 6. The summed E-state index contributed by atoms with van der Waals surface area (Å²) in [6, 6.07) is 2.12. The number of aliphatic imine (C=N–C) groups is 1. The predicted molar refractivity (Wildman–Crippen MR) is 94.1 cm³/mol. The van der Waals surface area contributed by atoms with Crippen LogP contribution in [0.3, 0.4) is 0 Å². The minimum Gasteiger partial charge on any atom is -0.304 e. The first-order valence-electron chi connectivity index (χ1n) is 8.29. The second kappa shape index (κ2) is 5.25. The molecule has 0 atom stereocenters. The van der Waals surface area contributed by atoms with Crippen LogP contribution in [0.25, 0.3) is 29.5 Å². The third-order valence-corrected chi connectivity index (χ3v) is 4.84. The fourth-order valence-corrected chi connectivity index (χ4v) is 3.38. The van der Waals surface area contributed by atoms with Crippen LogP contribution in [0.4, 0.5) is 0 Å². The molecule has 24 heavy (non-hydrogen) atoms. The maximum Gasteiger partial charge on any atom is 0.118 e. The number of aromatic nitrogens is 3. The van der Waals surface area contributed by atoms with Gasteiger partial charge in [0, 0.05) is 50.4 Å². The standard InChI is InChI=1S/C17H19N7/c1-21-6-8-22(9-7-21)23-4-2-13-10-14-17(19-15(13)12-23)16-11-18-3-5-24(16)20-14/h2-4,10-12H,5-9H2,1H3. The summed E-state index contributed by atoms with van der Waals surface area (Å²) in [6.07, 6.45) is 10.1. The predicted octanol–water partition coefficient (Wildman–Crippen LogP) is -0.560. The van der Waals surface area contributed by atoms with Gasteiger partial charge in [0.05, 0.1) is 18.1 Å². The number of rotatable bonds is 1. The number of piperazine rings is 1. The molecule has 0 unspecified atom stereocenters. The van der Waals surface area contributed by atoms with Crippen molar-refractivity contribution in [1.82, 2.24) is 29.7 Å². The largest absolute Gasteiger partial charge is 0.304 e. The van der Waals surface area contributed by atoms with Crippen molar-refractivity contribution >= 4 is 35.7 Å². The molecule has 0 spiro atoms. The third-order valence-electron chi connectivity index (χ3n) is 4.84. The molecule has 0 bridgehead atoms. The molecule has 1 saturated heterocycles. The Morgan fingerprint density at radius 3 is 2.88 bits per heavy atom. The first-order valence-corrected chi connectivity index (χ1v) is 8.29. The van der Waals surface area contributed by atoms with Crippen molar-refractivity contribution in [3.05, 3.63) is 28.5 Å². The van der Waals surface area contributed by atoms with E-state index in [4.69, 9.17) is 4.98 Å². The summed E-state index contributed by atoms with van der Waals surface area (Å²) in [5, 5.41) is 11.1. The van der Waals surface area contributed by atoms with Gasteiger partial charge in [-0.25, -0.2) is 9.99 Å². The van der Waals surface area contributed by atoms with E-state index in [-0.39, 0.29) is 0 Å². The third kappa shape index (κ3) is 2.16. The normalized spacial score (nSPS) is 20.6. The van der Waals surface area contributed by atoms with Crippen LogP contribution in [0.1, 0.15) is 5.56 Å². The number of fused-ring (bicyclic) bond motifs is 4. The molecule has 2 aromatic rings. The van der Waals surface area contributed by atoms with Gasteiger partial charge in [-0.2, -0.15) is 5.10 Å². The molecular formula is C17H19N7. The Kier molecular flexibility index (Phi) is 3.04. The Balaban J connectivity index is 1.59. The topological polar surface area (TPSA) is 52.8 Å². The zero-order valence-corrected chi connectivity index (χ0v) is 13.6. The van der Waals surface area contributed by atoms with Gasteiger partial charge in [0.2, 0.25) is 0 Å². The van der Waals surface area contributed by atoms with Crippen molar-refractivity contribution in [2.75, 3.05) is 33.2 Å². The Bertz CT molecular complexity index is 977. The van der Waals surface area contributed by atoms with E-state index >= 15 is 0 Å². The van der Waals surface area contributed by atoms with Crippen molar-refractivity contribution in [3.8, 4) is 0 Å². The molecule has 122 valence electrons. The van der Waals surface area contributed by atoms with Crippen LogP contribution in [0.15, 0.2) is 17.3 Å². The molecule has 3 aliphatic rings. The quantitative estimate of drug-likeness (QED) is 0.705. The number of likely N-dealkylation sites (N-methyl/N-ethyl adjacent to an activating group) is 1. The Morgan fingerprint density at radius 2 is 2.00 bits per heavy atom. The van der Waals surface area contributed by atoms with Gasteiger partial charge < -0.3 is 4.90 Å². The molecule has 3 aliphatic heterocycles. The van der Waals surface area contributed by atoms with E-state index in [1.54, 1.807) is 0 Å². The molecule has 0 aliphatic carbocycles. The average molecular weight is 321 g/mol. The lowest BCUT2D eigenvalue weighted by Gasteiger charge is -2.38. The molecule has 7 nitrogen and oxygen atoms in total. The minimum absolute atomic E-state index is 0.708.